The molecule has 1 unspecified atom stereocenters. The fraction of sp³-hybridized carbons (Fsp3) is 0.474. The number of aliphatic imine (C=N–C) groups is 1. The average molecular weight is 519 g/mol. The smallest absolute Gasteiger partial charge is 0.191 e. The predicted molar refractivity (Wildman–Crippen MR) is 125 cm³/mol. The predicted octanol–water partition coefficient (Wildman–Crippen LogP) is 2.43. The molecule has 0 aliphatic carbocycles. The second kappa shape index (κ2) is 12.1. The van der Waals surface area contributed by atoms with E-state index in [1.54, 1.807) is 12.5 Å². The number of hydrogen-bond acceptors (Lipinski definition) is 4. The molecule has 28 heavy (non-hydrogen) atoms. The van der Waals surface area contributed by atoms with E-state index in [4.69, 9.17) is 0 Å². The van der Waals surface area contributed by atoms with Crippen molar-refractivity contribution in [1.82, 2.24) is 20.2 Å². The van der Waals surface area contributed by atoms with Crippen LogP contribution in [0.25, 0.3) is 0 Å². The van der Waals surface area contributed by atoms with Crippen LogP contribution in [0.15, 0.2) is 48.0 Å². The maximum atomic E-state index is 11.3. The lowest BCUT2D eigenvalue weighted by Crippen LogP contribution is -2.42. The van der Waals surface area contributed by atoms with Crippen LogP contribution in [0.2, 0.25) is 0 Å². The largest absolute Gasteiger partial charge is 0.357 e. The van der Waals surface area contributed by atoms with E-state index in [2.05, 4.69) is 38.8 Å². The van der Waals surface area contributed by atoms with Crippen molar-refractivity contribution in [2.24, 2.45) is 4.99 Å². The number of sulfone groups is 1. The van der Waals surface area contributed by atoms with Gasteiger partial charge >= 0.3 is 0 Å². The molecule has 1 atom stereocenters. The first-order chi connectivity index (χ1) is 12.9. The molecule has 0 spiro atoms. The third-order valence-electron chi connectivity index (χ3n) is 3.98. The maximum Gasteiger partial charge on any atom is 0.191 e. The fourth-order valence-corrected chi connectivity index (χ4v) is 3.39. The van der Waals surface area contributed by atoms with Crippen LogP contribution in [0, 0.1) is 0 Å². The van der Waals surface area contributed by atoms with Crippen LogP contribution >= 0.6 is 24.0 Å². The Bertz CT molecular complexity index is 838. The number of nitrogens with zero attached hydrogens (tertiary/aromatic N) is 3. The first kappa shape index (κ1) is 24.4. The van der Waals surface area contributed by atoms with Crippen molar-refractivity contribution < 1.29 is 8.42 Å². The van der Waals surface area contributed by atoms with Crippen LogP contribution < -0.4 is 10.6 Å². The Labute approximate surface area is 185 Å². The summed E-state index contributed by atoms with van der Waals surface area (Å²) in [5, 5.41) is 6.48. The Morgan fingerprint density at radius 3 is 2.71 bits per heavy atom. The van der Waals surface area contributed by atoms with Crippen molar-refractivity contribution in [3.05, 3.63) is 54.1 Å². The average Bonchev–Trinajstić information content (AvgIpc) is 3.11. The third kappa shape index (κ3) is 9.54. The zero-order chi connectivity index (χ0) is 19.7. The van der Waals surface area contributed by atoms with E-state index in [1.807, 2.05) is 30.7 Å². The van der Waals surface area contributed by atoms with E-state index in [9.17, 15) is 8.42 Å². The third-order valence-corrected chi connectivity index (χ3v) is 4.96. The lowest BCUT2D eigenvalue weighted by atomic mass is 10.1. The molecule has 0 aliphatic heterocycles. The first-order valence-electron chi connectivity index (χ1n) is 9.12. The van der Waals surface area contributed by atoms with Crippen LogP contribution in [-0.2, 0) is 22.9 Å². The van der Waals surface area contributed by atoms with E-state index in [0.29, 0.717) is 18.9 Å². The molecule has 1 heterocycles. The monoisotopic (exact) mass is 519 g/mol. The van der Waals surface area contributed by atoms with E-state index in [-0.39, 0.29) is 35.8 Å². The van der Waals surface area contributed by atoms with Crippen molar-refractivity contribution in [2.75, 3.05) is 18.6 Å². The Morgan fingerprint density at radius 2 is 2.07 bits per heavy atom. The number of imidazole rings is 1. The quantitative estimate of drug-likeness (QED) is 0.302. The minimum absolute atomic E-state index is 0. The van der Waals surface area contributed by atoms with Crippen LogP contribution in [0.4, 0.5) is 0 Å². The Hall–Kier alpha value is -1.62. The van der Waals surface area contributed by atoms with Gasteiger partial charge in [-0.3, -0.25) is 0 Å². The molecule has 2 rings (SSSR count). The molecular formula is C19H30IN5O2S. The van der Waals surface area contributed by atoms with Crippen LogP contribution in [0.5, 0.6) is 0 Å². The molecule has 156 valence electrons. The first-order valence-corrected chi connectivity index (χ1v) is 11.2. The van der Waals surface area contributed by atoms with Gasteiger partial charge in [0.1, 0.15) is 9.84 Å². The Kier molecular flexibility index (Phi) is 10.5. The van der Waals surface area contributed by atoms with Gasteiger partial charge in [-0.2, -0.15) is 0 Å². The molecule has 2 N–H and O–H groups in total. The summed E-state index contributed by atoms with van der Waals surface area (Å²) in [6, 6.07) is 8.33. The fourth-order valence-electron chi connectivity index (χ4n) is 2.60. The molecule has 1 aromatic heterocycles. The summed E-state index contributed by atoms with van der Waals surface area (Å²) in [5.41, 5.74) is 2.31. The number of halogens is 1. The number of guanidine groups is 1. The lowest BCUT2D eigenvalue weighted by molar-refractivity contribution is 0.581. The Balaban J connectivity index is 0.00000392. The lowest BCUT2D eigenvalue weighted by Gasteiger charge is -2.17. The maximum absolute atomic E-state index is 11.3. The number of rotatable bonds is 9. The van der Waals surface area contributed by atoms with Gasteiger partial charge in [-0.15, -0.1) is 24.0 Å². The highest BCUT2D eigenvalue weighted by molar-refractivity contribution is 14.0. The SMILES string of the molecule is CCNC(=NCc1cccc(Cn2ccnc2)c1)NC(C)CCS(C)(=O)=O.I. The van der Waals surface area contributed by atoms with Gasteiger partial charge in [0, 0.05) is 37.8 Å². The second-order valence-electron chi connectivity index (χ2n) is 6.71. The van der Waals surface area contributed by atoms with Gasteiger partial charge in [-0.25, -0.2) is 18.4 Å². The molecule has 9 heteroatoms. The highest BCUT2D eigenvalue weighted by atomic mass is 127. The molecule has 2 aromatic rings. The van der Waals surface area contributed by atoms with Crippen LogP contribution in [-0.4, -0.2) is 48.5 Å². The van der Waals surface area contributed by atoms with Gasteiger partial charge in [-0.05, 0) is 31.4 Å². The van der Waals surface area contributed by atoms with Crippen molar-refractivity contribution in [3.8, 4) is 0 Å². The number of nitrogens with one attached hydrogen (secondary N) is 2. The van der Waals surface area contributed by atoms with Crippen molar-refractivity contribution in [1.29, 1.82) is 0 Å². The van der Waals surface area contributed by atoms with Gasteiger partial charge < -0.3 is 15.2 Å². The van der Waals surface area contributed by atoms with E-state index in [0.717, 1.165) is 18.7 Å². The molecule has 0 saturated carbocycles. The number of benzene rings is 1. The standard InChI is InChI=1S/C19H29N5O2S.HI/c1-4-21-19(23-16(2)8-11-27(3,25)26)22-13-17-6-5-7-18(12-17)14-24-10-9-20-15-24;/h5-7,9-10,12,15-16H,4,8,11,13-14H2,1-3H3,(H2,21,22,23);1H. The summed E-state index contributed by atoms with van der Waals surface area (Å²) >= 11 is 0. The molecule has 0 aliphatic rings. The van der Waals surface area contributed by atoms with Gasteiger partial charge in [0.25, 0.3) is 0 Å². The van der Waals surface area contributed by atoms with Crippen LogP contribution in [0.3, 0.4) is 0 Å². The highest BCUT2D eigenvalue weighted by Gasteiger charge is 2.09. The highest BCUT2D eigenvalue weighted by Crippen LogP contribution is 2.08. The van der Waals surface area contributed by atoms with Gasteiger partial charge in [0.15, 0.2) is 5.96 Å². The number of hydrogen-bond donors (Lipinski definition) is 2. The topological polar surface area (TPSA) is 88.4 Å². The molecule has 1 aromatic carbocycles. The number of aromatic nitrogens is 2. The summed E-state index contributed by atoms with van der Waals surface area (Å²) in [7, 11) is -2.96. The molecule has 0 saturated heterocycles. The molecule has 0 radical (unpaired) electrons. The molecular weight excluding hydrogens is 489 g/mol. The van der Waals surface area contributed by atoms with Gasteiger partial charge in [0.2, 0.25) is 0 Å². The summed E-state index contributed by atoms with van der Waals surface area (Å²) in [5.74, 6) is 0.857. The molecule has 0 amide bonds. The van der Waals surface area contributed by atoms with Gasteiger partial charge in [-0.1, -0.05) is 24.3 Å². The molecule has 7 nitrogen and oxygen atoms in total. The molecule has 0 bridgehead atoms. The molecule has 0 fully saturated rings. The van der Waals surface area contributed by atoms with E-state index < -0.39 is 9.84 Å². The van der Waals surface area contributed by atoms with Crippen molar-refractivity contribution in [2.45, 2.75) is 39.4 Å². The van der Waals surface area contributed by atoms with Crippen molar-refractivity contribution in [3.63, 3.8) is 0 Å². The van der Waals surface area contributed by atoms with Crippen LogP contribution in [0.1, 0.15) is 31.4 Å². The van der Waals surface area contributed by atoms with E-state index >= 15 is 0 Å². The second-order valence-corrected chi connectivity index (χ2v) is 8.97. The minimum Gasteiger partial charge on any atom is -0.357 e. The summed E-state index contributed by atoms with van der Waals surface area (Å²) < 4.78 is 24.7. The summed E-state index contributed by atoms with van der Waals surface area (Å²) in [6.07, 6.45) is 7.32. The van der Waals surface area contributed by atoms with E-state index in [1.165, 1.54) is 11.8 Å². The van der Waals surface area contributed by atoms with Crippen molar-refractivity contribution >= 4 is 39.8 Å². The zero-order valence-corrected chi connectivity index (χ0v) is 19.8. The van der Waals surface area contributed by atoms with Gasteiger partial charge in [0.05, 0.1) is 18.6 Å². The summed E-state index contributed by atoms with van der Waals surface area (Å²) in [6.45, 7) is 6.03. The summed E-state index contributed by atoms with van der Waals surface area (Å²) in [4.78, 5) is 8.70. The normalized spacial score (nSPS) is 12.9. The Morgan fingerprint density at radius 1 is 1.32 bits per heavy atom. The zero-order valence-electron chi connectivity index (χ0n) is 16.6. The minimum atomic E-state index is -2.96.